The third kappa shape index (κ3) is 3.36. The lowest BCUT2D eigenvalue weighted by atomic mass is 10.2. The molecule has 0 unspecified atom stereocenters. The molecule has 0 fully saturated rings. The molecule has 98 valence electrons. The molecule has 4 nitrogen and oxygen atoms in total. The summed E-state index contributed by atoms with van der Waals surface area (Å²) in [5.74, 6) is -0.443. The van der Waals surface area contributed by atoms with Crippen molar-refractivity contribution in [3.63, 3.8) is 0 Å². The minimum absolute atomic E-state index is 0.0800. The predicted molar refractivity (Wildman–Crippen MR) is 83.9 cm³/mol. The zero-order chi connectivity index (χ0) is 14.0. The van der Waals surface area contributed by atoms with E-state index in [1.807, 2.05) is 0 Å². The van der Waals surface area contributed by atoms with E-state index in [4.69, 9.17) is 11.6 Å². The van der Waals surface area contributed by atoms with E-state index in [2.05, 4.69) is 32.9 Å². The van der Waals surface area contributed by atoms with Crippen molar-refractivity contribution in [1.29, 1.82) is 0 Å². The number of amides is 1. The Hall–Kier alpha value is -1.34. The summed E-state index contributed by atoms with van der Waals surface area (Å²) in [5, 5.41) is 3.28. The lowest BCUT2D eigenvalue weighted by Crippen LogP contribution is -2.23. The fourth-order valence-electron chi connectivity index (χ4n) is 1.53. The van der Waals surface area contributed by atoms with E-state index in [0.717, 1.165) is 3.57 Å². The van der Waals surface area contributed by atoms with Gasteiger partial charge in [0.25, 0.3) is 11.5 Å². The van der Waals surface area contributed by atoms with Gasteiger partial charge in [-0.3, -0.25) is 9.59 Å². The van der Waals surface area contributed by atoms with Crippen LogP contribution in [-0.2, 0) is 0 Å². The van der Waals surface area contributed by atoms with Gasteiger partial charge < -0.3 is 10.3 Å². The first kappa shape index (κ1) is 14.1. The van der Waals surface area contributed by atoms with Gasteiger partial charge in [0, 0.05) is 14.3 Å². The molecule has 0 aliphatic rings. The third-order valence-electron chi connectivity index (χ3n) is 2.48. The van der Waals surface area contributed by atoms with Crippen LogP contribution in [0.2, 0.25) is 5.02 Å². The van der Waals surface area contributed by atoms with Gasteiger partial charge in [0.05, 0.1) is 5.69 Å². The van der Waals surface area contributed by atoms with Gasteiger partial charge in [0.1, 0.15) is 5.56 Å². The summed E-state index contributed by atoms with van der Waals surface area (Å²) >= 11 is 7.91. The Morgan fingerprint density at radius 2 is 2.05 bits per heavy atom. The minimum Gasteiger partial charge on any atom is -0.326 e. The first-order valence-corrected chi connectivity index (χ1v) is 6.89. The average molecular weight is 389 g/mol. The molecular weight excluding hydrogens is 379 g/mol. The number of rotatable bonds is 2. The number of halogens is 2. The average Bonchev–Trinajstić information content (AvgIpc) is 2.32. The number of hydrogen-bond acceptors (Lipinski definition) is 2. The van der Waals surface area contributed by atoms with Gasteiger partial charge in [0.2, 0.25) is 0 Å². The van der Waals surface area contributed by atoms with Gasteiger partial charge in [-0.05, 0) is 59.8 Å². The van der Waals surface area contributed by atoms with Gasteiger partial charge >= 0.3 is 0 Å². The Morgan fingerprint density at radius 3 is 2.68 bits per heavy atom. The van der Waals surface area contributed by atoms with Crippen molar-refractivity contribution in [2.24, 2.45) is 0 Å². The van der Waals surface area contributed by atoms with E-state index < -0.39 is 11.5 Å². The molecule has 0 atom stereocenters. The number of anilines is 1. The molecule has 0 saturated carbocycles. The highest BCUT2D eigenvalue weighted by Crippen LogP contribution is 2.22. The van der Waals surface area contributed by atoms with Crippen LogP contribution in [0.3, 0.4) is 0 Å². The summed E-state index contributed by atoms with van der Waals surface area (Å²) in [6.07, 6.45) is 0. The SMILES string of the molecule is Cc1ccc(C(=O)Nc2ccc(Cl)cc2I)c(=O)[nH]1. The van der Waals surface area contributed by atoms with Crippen LogP contribution in [0.25, 0.3) is 0 Å². The van der Waals surface area contributed by atoms with Crippen molar-refractivity contribution in [1.82, 2.24) is 4.98 Å². The minimum atomic E-state index is -0.443. The molecular formula is C13H10ClIN2O2. The van der Waals surface area contributed by atoms with Crippen molar-refractivity contribution in [3.05, 3.63) is 60.5 Å². The number of hydrogen-bond donors (Lipinski definition) is 2. The van der Waals surface area contributed by atoms with Crippen molar-refractivity contribution in [3.8, 4) is 0 Å². The molecule has 0 aliphatic heterocycles. The number of benzene rings is 1. The number of carbonyl (C=O) groups is 1. The maximum absolute atomic E-state index is 12.0. The fraction of sp³-hybridized carbons (Fsp3) is 0.0769. The van der Waals surface area contributed by atoms with Crippen LogP contribution in [0, 0.1) is 10.5 Å². The predicted octanol–water partition coefficient (Wildman–Crippen LogP) is 3.19. The van der Waals surface area contributed by atoms with E-state index in [1.54, 1.807) is 31.2 Å². The van der Waals surface area contributed by atoms with Crippen LogP contribution >= 0.6 is 34.2 Å². The zero-order valence-corrected chi connectivity index (χ0v) is 12.9. The topological polar surface area (TPSA) is 62.0 Å². The molecule has 0 saturated heterocycles. The molecule has 2 aromatic rings. The third-order valence-corrected chi connectivity index (χ3v) is 3.61. The van der Waals surface area contributed by atoms with Crippen LogP contribution in [0.1, 0.15) is 16.1 Å². The monoisotopic (exact) mass is 388 g/mol. The molecule has 2 rings (SSSR count). The maximum atomic E-state index is 12.0. The summed E-state index contributed by atoms with van der Waals surface area (Å²) in [7, 11) is 0. The highest BCUT2D eigenvalue weighted by Gasteiger charge is 2.12. The lowest BCUT2D eigenvalue weighted by Gasteiger charge is -2.07. The molecule has 1 amide bonds. The molecule has 0 spiro atoms. The van der Waals surface area contributed by atoms with E-state index in [-0.39, 0.29) is 5.56 Å². The van der Waals surface area contributed by atoms with Crippen LogP contribution in [0.4, 0.5) is 5.69 Å². The molecule has 1 aromatic carbocycles. The molecule has 6 heteroatoms. The fourth-order valence-corrected chi connectivity index (χ4v) is 2.54. The van der Waals surface area contributed by atoms with Gasteiger partial charge in [-0.15, -0.1) is 0 Å². The van der Waals surface area contributed by atoms with Crippen molar-refractivity contribution in [2.75, 3.05) is 5.32 Å². The van der Waals surface area contributed by atoms with E-state index in [9.17, 15) is 9.59 Å². The van der Waals surface area contributed by atoms with Crippen LogP contribution in [0.5, 0.6) is 0 Å². The number of H-pyrrole nitrogens is 1. The smallest absolute Gasteiger partial charge is 0.261 e. The number of carbonyl (C=O) groups excluding carboxylic acids is 1. The normalized spacial score (nSPS) is 10.3. The van der Waals surface area contributed by atoms with Gasteiger partial charge in [-0.2, -0.15) is 0 Å². The second-order valence-electron chi connectivity index (χ2n) is 3.96. The van der Waals surface area contributed by atoms with Gasteiger partial charge in [-0.25, -0.2) is 0 Å². The van der Waals surface area contributed by atoms with E-state index in [1.165, 1.54) is 6.07 Å². The Morgan fingerprint density at radius 1 is 1.32 bits per heavy atom. The highest BCUT2D eigenvalue weighted by molar-refractivity contribution is 14.1. The Balaban J connectivity index is 2.28. The first-order valence-electron chi connectivity index (χ1n) is 5.43. The number of nitrogens with one attached hydrogen (secondary N) is 2. The Labute approximate surface area is 128 Å². The van der Waals surface area contributed by atoms with Crippen molar-refractivity contribution < 1.29 is 4.79 Å². The first-order chi connectivity index (χ1) is 8.97. The summed E-state index contributed by atoms with van der Waals surface area (Å²) in [6.45, 7) is 1.76. The van der Waals surface area contributed by atoms with Gasteiger partial charge in [-0.1, -0.05) is 11.6 Å². The van der Waals surface area contributed by atoms with Crippen molar-refractivity contribution >= 4 is 45.8 Å². The molecule has 0 aliphatic carbocycles. The number of pyridine rings is 1. The maximum Gasteiger partial charge on any atom is 0.261 e. The van der Waals surface area contributed by atoms with Crippen LogP contribution < -0.4 is 10.9 Å². The number of aromatic nitrogens is 1. The largest absolute Gasteiger partial charge is 0.326 e. The van der Waals surface area contributed by atoms with Crippen LogP contribution in [0.15, 0.2) is 35.1 Å². The summed E-state index contributed by atoms with van der Waals surface area (Å²) in [4.78, 5) is 26.3. The summed E-state index contributed by atoms with van der Waals surface area (Å²) < 4.78 is 0.807. The van der Waals surface area contributed by atoms with E-state index in [0.29, 0.717) is 16.4 Å². The van der Waals surface area contributed by atoms with Crippen LogP contribution in [-0.4, -0.2) is 10.9 Å². The molecule has 1 heterocycles. The lowest BCUT2D eigenvalue weighted by molar-refractivity contribution is 0.102. The molecule has 19 heavy (non-hydrogen) atoms. The molecule has 2 N–H and O–H groups in total. The summed E-state index contributed by atoms with van der Waals surface area (Å²) in [5.41, 5.74) is 1.01. The van der Waals surface area contributed by atoms with Crippen molar-refractivity contribution in [2.45, 2.75) is 6.92 Å². The van der Waals surface area contributed by atoms with Gasteiger partial charge in [0.15, 0.2) is 0 Å². The Bertz CT molecular complexity index is 697. The molecule has 0 bridgehead atoms. The number of aryl methyl sites for hydroxylation is 1. The second-order valence-corrected chi connectivity index (χ2v) is 5.56. The second kappa shape index (κ2) is 5.75. The Kier molecular flexibility index (Phi) is 4.26. The summed E-state index contributed by atoms with van der Waals surface area (Å²) in [6, 6.07) is 8.30. The highest BCUT2D eigenvalue weighted by atomic mass is 127. The quantitative estimate of drug-likeness (QED) is 0.776. The standard InChI is InChI=1S/C13H10ClIN2O2/c1-7-2-4-9(12(18)16-7)13(19)17-11-5-3-8(14)6-10(11)15/h2-6H,1H3,(H,16,18)(H,17,19). The molecule has 0 radical (unpaired) electrons. The molecule has 1 aromatic heterocycles. The van der Waals surface area contributed by atoms with E-state index >= 15 is 0 Å². The zero-order valence-electron chi connectivity index (χ0n) is 9.96. The number of aromatic amines is 1.